The van der Waals surface area contributed by atoms with Crippen LogP contribution in [0.5, 0.6) is 0 Å². The van der Waals surface area contributed by atoms with Gasteiger partial charge < -0.3 is 9.72 Å². The summed E-state index contributed by atoms with van der Waals surface area (Å²) in [5.41, 5.74) is 3.16. The lowest BCUT2D eigenvalue weighted by Crippen LogP contribution is -2.13. The summed E-state index contributed by atoms with van der Waals surface area (Å²) in [6, 6.07) is 5.51. The summed E-state index contributed by atoms with van der Waals surface area (Å²) in [7, 11) is 1.82. The zero-order chi connectivity index (χ0) is 19.5. The van der Waals surface area contributed by atoms with Crippen LogP contribution in [0.1, 0.15) is 37.9 Å². The summed E-state index contributed by atoms with van der Waals surface area (Å²) >= 11 is 6.03. The Hall–Kier alpha value is -2.51. The number of aromatic nitrogens is 6. The van der Waals surface area contributed by atoms with Crippen LogP contribution in [0.25, 0.3) is 28.1 Å². The molecule has 0 spiro atoms. The molecule has 0 radical (unpaired) electrons. The van der Waals surface area contributed by atoms with Gasteiger partial charge in [0.2, 0.25) is 5.95 Å². The summed E-state index contributed by atoms with van der Waals surface area (Å²) < 4.78 is 6.99. The molecule has 1 aromatic carbocycles. The molecule has 3 heterocycles. The maximum atomic E-state index is 6.03. The van der Waals surface area contributed by atoms with Gasteiger partial charge in [-0.15, -0.1) is 0 Å². The Bertz CT molecular complexity index is 1080. The lowest BCUT2D eigenvalue weighted by molar-refractivity contribution is 0.0710. The third kappa shape index (κ3) is 4.00. The molecule has 5 rings (SSSR count). The summed E-state index contributed by atoms with van der Waals surface area (Å²) in [6.45, 7) is 1.88. The molecule has 0 aliphatic heterocycles. The van der Waals surface area contributed by atoms with E-state index in [1.54, 1.807) is 17.1 Å². The van der Waals surface area contributed by atoms with Crippen molar-refractivity contribution in [3.05, 3.63) is 41.6 Å². The average Bonchev–Trinajstić information content (AvgIpc) is 3.30. The number of imidazole rings is 2. The van der Waals surface area contributed by atoms with Gasteiger partial charge in [0.1, 0.15) is 17.7 Å². The minimum atomic E-state index is 0.522. The first-order chi connectivity index (χ1) is 13.6. The number of hydrogen-bond acceptors (Lipinski definition) is 5. The quantitative estimate of drug-likeness (QED) is 0.532. The van der Waals surface area contributed by atoms with E-state index in [9.17, 15) is 0 Å². The number of fused-ring (bicyclic) bond motifs is 2. The minimum absolute atomic E-state index is 0.522. The fraction of sp³-hybridized carbons (Fsp3) is 0.400. The number of nitrogens with zero attached hydrogens (tertiary/aromatic N) is 5. The molecule has 4 aromatic rings. The van der Waals surface area contributed by atoms with E-state index in [1.165, 1.54) is 32.1 Å². The van der Waals surface area contributed by atoms with E-state index in [0.29, 0.717) is 22.7 Å². The second-order valence-corrected chi connectivity index (χ2v) is 7.41. The first-order valence-electron chi connectivity index (χ1n) is 9.49. The number of rotatable bonds is 2. The lowest BCUT2D eigenvalue weighted by Gasteiger charge is -2.19. The largest absolute Gasteiger partial charge is 0.381 e. The molecule has 1 aliphatic carbocycles. The van der Waals surface area contributed by atoms with Crippen LogP contribution in [0.15, 0.2) is 30.7 Å². The van der Waals surface area contributed by atoms with Crippen LogP contribution in [0.2, 0.25) is 5.02 Å². The minimum Gasteiger partial charge on any atom is -0.381 e. The molecule has 1 aliphatic rings. The van der Waals surface area contributed by atoms with Crippen LogP contribution in [0, 0.1) is 6.92 Å². The van der Waals surface area contributed by atoms with Gasteiger partial charge in [-0.05, 0) is 38.0 Å². The van der Waals surface area contributed by atoms with Gasteiger partial charge in [-0.1, -0.05) is 30.9 Å². The molecule has 0 bridgehead atoms. The first kappa shape index (κ1) is 18.8. The fourth-order valence-corrected chi connectivity index (χ4v) is 3.64. The van der Waals surface area contributed by atoms with E-state index in [4.69, 9.17) is 16.3 Å². The van der Waals surface area contributed by atoms with E-state index in [1.807, 2.05) is 32.2 Å². The highest BCUT2D eigenvalue weighted by atomic mass is 35.5. The number of aryl methyl sites for hydroxylation is 1. The van der Waals surface area contributed by atoms with Gasteiger partial charge in [0.15, 0.2) is 5.65 Å². The molecule has 146 valence electrons. The smallest absolute Gasteiger partial charge is 0.237 e. The molecule has 0 unspecified atom stereocenters. The first-order valence-corrected chi connectivity index (χ1v) is 9.87. The maximum Gasteiger partial charge on any atom is 0.237 e. The molecule has 8 heteroatoms. The molecule has 0 atom stereocenters. The summed E-state index contributed by atoms with van der Waals surface area (Å²) in [5, 5.41) is 0.649. The molecule has 0 saturated heterocycles. The molecule has 28 heavy (non-hydrogen) atoms. The lowest BCUT2D eigenvalue weighted by atomic mass is 9.98. The maximum absolute atomic E-state index is 6.03. The van der Waals surface area contributed by atoms with Crippen molar-refractivity contribution in [3.63, 3.8) is 0 Å². The topological polar surface area (TPSA) is 81.5 Å². The van der Waals surface area contributed by atoms with Gasteiger partial charge in [0.25, 0.3) is 0 Å². The van der Waals surface area contributed by atoms with Crippen molar-refractivity contribution in [3.8, 4) is 5.95 Å². The predicted octanol–water partition coefficient (Wildman–Crippen LogP) is 4.62. The molecule has 1 saturated carbocycles. The van der Waals surface area contributed by atoms with Crippen LogP contribution in [-0.2, 0) is 4.74 Å². The van der Waals surface area contributed by atoms with Crippen LogP contribution in [0.3, 0.4) is 0 Å². The van der Waals surface area contributed by atoms with E-state index in [-0.39, 0.29) is 0 Å². The Balaban J connectivity index is 0.000000203. The van der Waals surface area contributed by atoms with Crippen LogP contribution in [0.4, 0.5) is 0 Å². The number of benzene rings is 1. The number of aromatic amines is 1. The Labute approximate surface area is 168 Å². The van der Waals surface area contributed by atoms with Gasteiger partial charge in [0, 0.05) is 12.1 Å². The van der Waals surface area contributed by atoms with Crippen LogP contribution >= 0.6 is 11.6 Å². The van der Waals surface area contributed by atoms with Crippen molar-refractivity contribution in [1.82, 2.24) is 29.5 Å². The molecule has 0 amide bonds. The van der Waals surface area contributed by atoms with Gasteiger partial charge in [-0.2, -0.15) is 4.98 Å². The second-order valence-electron chi connectivity index (χ2n) is 6.97. The highest BCUT2D eigenvalue weighted by Crippen LogP contribution is 2.21. The van der Waals surface area contributed by atoms with Crippen LogP contribution in [-0.4, -0.2) is 42.7 Å². The highest BCUT2D eigenvalue weighted by molar-refractivity contribution is 6.31. The Kier molecular flexibility index (Phi) is 5.54. The highest BCUT2D eigenvalue weighted by Gasteiger charge is 2.11. The number of nitrogens with one attached hydrogen (secondary N) is 1. The SMILES string of the molecule is COC1CCCCC1.Cc1nc2nc(-n3cnc4ccc(Cl)cc43)ncc2[nH]1. The standard InChI is InChI=1S/C13H9ClN6.C7H14O/c1-7-17-10-5-15-13(19-12(10)18-7)20-6-16-9-3-2-8(14)4-11(9)20;1-8-7-5-3-2-4-6-7/h2-6H,1H3,(H,15,17,18,19);7H,2-6H2,1H3. The van der Waals surface area contributed by atoms with E-state index >= 15 is 0 Å². The predicted molar refractivity (Wildman–Crippen MR) is 110 cm³/mol. The molecule has 1 N–H and O–H groups in total. The molecular formula is C20H23ClN6O. The van der Waals surface area contributed by atoms with Crippen molar-refractivity contribution in [2.45, 2.75) is 45.1 Å². The van der Waals surface area contributed by atoms with Crippen molar-refractivity contribution in [2.24, 2.45) is 0 Å². The normalized spacial score (nSPS) is 15.0. The summed E-state index contributed by atoms with van der Waals surface area (Å²) in [5.74, 6) is 1.33. The second kappa shape index (κ2) is 8.24. The number of halogens is 1. The van der Waals surface area contributed by atoms with Crippen molar-refractivity contribution in [2.75, 3.05) is 7.11 Å². The third-order valence-corrected chi connectivity index (χ3v) is 5.19. The molecular weight excluding hydrogens is 376 g/mol. The molecule has 3 aromatic heterocycles. The van der Waals surface area contributed by atoms with Crippen molar-refractivity contribution >= 4 is 33.8 Å². The summed E-state index contributed by atoms with van der Waals surface area (Å²) in [4.78, 5) is 20.5. The number of hydrogen-bond donors (Lipinski definition) is 1. The van der Waals surface area contributed by atoms with E-state index in [0.717, 1.165) is 22.4 Å². The molecule has 7 nitrogen and oxygen atoms in total. The number of methoxy groups -OCH3 is 1. The number of H-pyrrole nitrogens is 1. The monoisotopic (exact) mass is 398 g/mol. The van der Waals surface area contributed by atoms with Gasteiger partial charge in [-0.25, -0.2) is 15.0 Å². The van der Waals surface area contributed by atoms with Gasteiger partial charge in [0.05, 0.1) is 23.3 Å². The zero-order valence-electron chi connectivity index (χ0n) is 16.0. The Morgan fingerprint density at radius 1 is 1.14 bits per heavy atom. The number of ether oxygens (including phenoxy) is 1. The summed E-state index contributed by atoms with van der Waals surface area (Å²) in [6.07, 6.45) is 10.7. The van der Waals surface area contributed by atoms with Crippen molar-refractivity contribution < 1.29 is 4.74 Å². The third-order valence-electron chi connectivity index (χ3n) is 4.96. The zero-order valence-corrected chi connectivity index (χ0v) is 16.8. The van der Waals surface area contributed by atoms with Crippen molar-refractivity contribution in [1.29, 1.82) is 0 Å². The van der Waals surface area contributed by atoms with E-state index in [2.05, 4.69) is 24.9 Å². The van der Waals surface area contributed by atoms with Gasteiger partial charge in [-0.3, -0.25) is 4.57 Å². The fourth-order valence-electron chi connectivity index (χ4n) is 3.48. The Morgan fingerprint density at radius 3 is 2.71 bits per heavy atom. The molecule has 1 fully saturated rings. The van der Waals surface area contributed by atoms with E-state index < -0.39 is 0 Å². The Morgan fingerprint density at radius 2 is 1.96 bits per heavy atom. The van der Waals surface area contributed by atoms with Crippen LogP contribution < -0.4 is 0 Å². The van der Waals surface area contributed by atoms with Gasteiger partial charge >= 0.3 is 0 Å². The average molecular weight is 399 g/mol.